The summed E-state index contributed by atoms with van der Waals surface area (Å²) in [6.45, 7) is 0.278. The van der Waals surface area contributed by atoms with Crippen molar-refractivity contribution in [3.05, 3.63) is 17.5 Å². The van der Waals surface area contributed by atoms with Gasteiger partial charge in [0.05, 0.1) is 18.1 Å². The van der Waals surface area contributed by atoms with Crippen LogP contribution in [0.25, 0.3) is 0 Å². The molecule has 2 rings (SSSR count). The first-order chi connectivity index (χ1) is 8.46. The predicted octanol–water partition coefficient (Wildman–Crippen LogP) is 0.0396. The number of hydrogen-bond acceptors (Lipinski definition) is 6. The second-order valence-corrected chi connectivity index (χ2v) is 6.55. The summed E-state index contributed by atoms with van der Waals surface area (Å²) in [4.78, 5) is 10.6. The van der Waals surface area contributed by atoms with Gasteiger partial charge in [-0.1, -0.05) is 5.16 Å². The molecule has 1 aliphatic heterocycles. The molecule has 100 valence electrons. The van der Waals surface area contributed by atoms with Crippen molar-refractivity contribution in [3.8, 4) is 0 Å². The van der Waals surface area contributed by atoms with Gasteiger partial charge < -0.3 is 14.9 Å². The van der Waals surface area contributed by atoms with Crippen molar-refractivity contribution in [2.45, 2.75) is 25.4 Å². The van der Waals surface area contributed by atoms with Gasteiger partial charge in [0.2, 0.25) is 0 Å². The van der Waals surface area contributed by atoms with Crippen molar-refractivity contribution in [2.24, 2.45) is 0 Å². The van der Waals surface area contributed by atoms with E-state index in [4.69, 9.17) is 9.63 Å². The van der Waals surface area contributed by atoms with E-state index in [0.717, 1.165) is 6.42 Å². The summed E-state index contributed by atoms with van der Waals surface area (Å²) in [6.07, 6.45) is 1.44. The molecule has 1 aromatic rings. The third-order valence-corrected chi connectivity index (χ3v) is 4.63. The van der Waals surface area contributed by atoms with Gasteiger partial charge in [-0.05, 0) is 12.8 Å². The standard InChI is InChI=1S/C10H14N2O5S/c13-10(14)9-4-8(17-12-9)5-11-7-2-1-3-18(15,16)6-7/h4,7,11H,1-3,5-6H2,(H,13,14). The molecule has 0 aromatic carbocycles. The molecule has 0 spiro atoms. The van der Waals surface area contributed by atoms with E-state index in [9.17, 15) is 13.2 Å². The number of rotatable bonds is 4. The average Bonchev–Trinajstić information content (AvgIpc) is 2.74. The molecule has 1 atom stereocenters. The smallest absolute Gasteiger partial charge is 0.358 e. The molecule has 2 heterocycles. The topological polar surface area (TPSA) is 110 Å². The van der Waals surface area contributed by atoms with E-state index in [0.29, 0.717) is 12.2 Å². The molecule has 7 nitrogen and oxygen atoms in total. The van der Waals surface area contributed by atoms with E-state index in [1.54, 1.807) is 0 Å². The van der Waals surface area contributed by atoms with Crippen molar-refractivity contribution in [1.82, 2.24) is 10.5 Å². The molecular formula is C10H14N2O5S. The second-order valence-electron chi connectivity index (χ2n) is 4.32. The molecule has 0 aliphatic carbocycles. The van der Waals surface area contributed by atoms with Crippen molar-refractivity contribution in [2.75, 3.05) is 11.5 Å². The van der Waals surface area contributed by atoms with Crippen molar-refractivity contribution in [1.29, 1.82) is 0 Å². The fourth-order valence-corrected chi connectivity index (χ4v) is 3.60. The first kappa shape index (κ1) is 13.0. The summed E-state index contributed by atoms with van der Waals surface area (Å²) in [6, 6.07) is 1.22. The van der Waals surface area contributed by atoms with Gasteiger partial charge in [0.1, 0.15) is 0 Å². The quantitative estimate of drug-likeness (QED) is 0.797. The summed E-state index contributed by atoms with van der Waals surface area (Å²) in [7, 11) is -2.95. The highest BCUT2D eigenvalue weighted by atomic mass is 32.2. The minimum absolute atomic E-state index is 0.109. The summed E-state index contributed by atoms with van der Waals surface area (Å²) >= 11 is 0. The van der Waals surface area contributed by atoms with E-state index < -0.39 is 15.8 Å². The zero-order valence-electron chi connectivity index (χ0n) is 9.63. The van der Waals surface area contributed by atoms with Gasteiger partial charge in [0.25, 0.3) is 0 Å². The summed E-state index contributed by atoms with van der Waals surface area (Å²) < 4.78 is 27.7. The second kappa shape index (κ2) is 5.07. The lowest BCUT2D eigenvalue weighted by atomic mass is 10.2. The number of carboxylic acids is 1. The molecule has 0 amide bonds. The normalized spacial score (nSPS) is 22.8. The molecular weight excluding hydrogens is 260 g/mol. The first-order valence-electron chi connectivity index (χ1n) is 5.59. The highest BCUT2D eigenvalue weighted by Gasteiger charge is 2.24. The lowest BCUT2D eigenvalue weighted by Crippen LogP contribution is -2.39. The van der Waals surface area contributed by atoms with Crippen LogP contribution in [0.5, 0.6) is 0 Å². The average molecular weight is 274 g/mol. The number of aromatic carboxylic acids is 1. The molecule has 0 bridgehead atoms. The Morgan fingerprint density at radius 3 is 3.00 bits per heavy atom. The Hall–Kier alpha value is -1.41. The lowest BCUT2D eigenvalue weighted by molar-refractivity contribution is 0.0685. The first-order valence-corrected chi connectivity index (χ1v) is 7.41. The zero-order chi connectivity index (χ0) is 13.2. The van der Waals surface area contributed by atoms with Crippen LogP contribution in [0.1, 0.15) is 29.1 Å². The van der Waals surface area contributed by atoms with Crippen molar-refractivity contribution in [3.63, 3.8) is 0 Å². The van der Waals surface area contributed by atoms with Gasteiger partial charge in [0.15, 0.2) is 21.3 Å². The summed E-state index contributed by atoms with van der Waals surface area (Å²) in [5.74, 6) is -0.399. The molecule has 0 radical (unpaired) electrons. The van der Waals surface area contributed by atoms with E-state index in [-0.39, 0.29) is 29.8 Å². The molecule has 1 unspecified atom stereocenters. The maximum atomic E-state index is 11.4. The Labute approximate surface area is 104 Å². The molecule has 1 aliphatic rings. The number of carbonyl (C=O) groups is 1. The number of nitrogens with one attached hydrogen (secondary N) is 1. The molecule has 18 heavy (non-hydrogen) atoms. The maximum Gasteiger partial charge on any atom is 0.358 e. The zero-order valence-corrected chi connectivity index (χ0v) is 10.4. The predicted molar refractivity (Wildman–Crippen MR) is 62.0 cm³/mol. The molecule has 1 fully saturated rings. The molecule has 2 N–H and O–H groups in total. The Balaban J connectivity index is 1.89. The largest absolute Gasteiger partial charge is 0.476 e. The van der Waals surface area contributed by atoms with E-state index in [1.807, 2.05) is 0 Å². The van der Waals surface area contributed by atoms with E-state index in [1.165, 1.54) is 6.07 Å². The molecule has 0 saturated carbocycles. The van der Waals surface area contributed by atoms with Crippen LogP contribution in [-0.2, 0) is 16.4 Å². The van der Waals surface area contributed by atoms with Crippen LogP contribution < -0.4 is 5.32 Å². The van der Waals surface area contributed by atoms with Gasteiger partial charge in [-0.2, -0.15) is 0 Å². The third kappa shape index (κ3) is 3.30. The maximum absolute atomic E-state index is 11.4. The molecule has 1 aromatic heterocycles. The van der Waals surface area contributed by atoms with Crippen LogP contribution in [0.15, 0.2) is 10.6 Å². The van der Waals surface area contributed by atoms with E-state index >= 15 is 0 Å². The van der Waals surface area contributed by atoms with Gasteiger partial charge in [-0.25, -0.2) is 13.2 Å². The number of aromatic nitrogens is 1. The minimum atomic E-state index is -2.95. The number of sulfone groups is 1. The molecule has 1 saturated heterocycles. The highest BCUT2D eigenvalue weighted by molar-refractivity contribution is 7.91. The van der Waals surface area contributed by atoms with E-state index in [2.05, 4.69) is 10.5 Å². The highest BCUT2D eigenvalue weighted by Crippen LogP contribution is 2.13. The SMILES string of the molecule is O=C(O)c1cc(CNC2CCCS(=O)(=O)C2)on1. The number of nitrogens with zero attached hydrogens (tertiary/aromatic N) is 1. The van der Waals surface area contributed by atoms with Crippen LogP contribution >= 0.6 is 0 Å². The Kier molecular flexibility index (Phi) is 3.67. The van der Waals surface area contributed by atoms with Crippen LogP contribution in [-0.4, -0.2) is 42.2 Å². The van der Waals surface area contributed by atoms with Crippen LogP contribution in [0.4, 0.5) is 0 Å². The van der Waals surface area contributed by atoms with Gasteiger partial charge in [0, 0.05) is 12.1 Å². The van der Waals surface area contributed by atoms with Gasteiger partial charge in [-0.15, -0.1) is 0 Å². The monoisotopic (exact) mass is 274 g/mol. The van der Waals surface area contributed by atoms with Crippen molar-refractivity contribution < 1.29 is 22.8 Å². The Morgan fingerprint density at radius 2 is 2.39 bits per heavy atom. The fourth-order valence-electron chi connectivity index (χ4n) is 1.93. The Bertz CT molecular complexity index is 536. The number of carboxylic acid groups (broad SMARTS) is 1. The summed E-state index contributed by atoms with van der Waals surface area (Å²) in [5, 5.41) is 15.1. The van der Waals surface area contributed by atoms with Crippen LogP contribution in [0, 0.1) is 0 Å². The van der Waals surface area contributed by atoms with Gasteiger partial charge in [-0.3, -0.25) is 0 Å². The Morgan fingerprint density at radius 1 is 1.61 bits per heavy atom. The third-order valence-electron chi connectivity index (χ3n) is 2.81. The number of hydrogen-bond donors (Lipinski definition) is 2. The van der Waals surface area contributed by atoms with Crippen molar-refractivity contribution >= 4 is 15.8 Å². The summed E-state index contributed by atoms with van der Waals surface area (Å²) in [5.41, 5.74) is -0.150. The van der Waals surface area contributed by atoms with Crippen LogP contribution in [0.3, 0.4) is 0 Å². The molecule has 8 heteroatoms. The fraction of sp³-hybridized carbons (Fsp3) is 0.600. The minimum Gasteiger partial charge on any atom is -0.476 e. The lowest BCUT2D eigenvalue weighted by Gasteiger charge is -2.22. The van der Waals surface area contributed by atoms with Gasteiger partial charge >= 0.3 is 5.97 Å². The van der Waals surface area contributed by atoms with Crippen LogP contribution in [0.2, 0.25) is 0 Å².